The quantitative estimate of drug-likeness (QED) is 0.613. The van der Waals surface area contributed by atoms with E-state index in [9.17, 15) is 9.59 Å². The molecule has 0 heterocycles. The number of allylic oxidation sites excluding steroid dienone is 2. The van der Waals surface area contributed by atoms with E-state index in [2.05, 4.69) is 0 Å². The van der Waals surface area contributed by atoms with Crippen molar-refractivity contribution in [3.05, 3.63) is 11.1 Å². The first-order chi connectivity index (χ1) is 6.57. The molecule has 84 valence electrons. The first kappa shape index (κ1) is 12.2. The Balaban J connectivity index is 3.34. The molecule has 0 aromatic rings. The zero-order chi connectivity index (χ0) is 12.0. The van der Waals surface area contributed by atoms with Gasteiger partial charge in [-0.1, -0.05) is 34.6 Å². The molecule has 1 rings (SSSR count). The Labute approximate surface area is 91.7 Å². The van der Waals surface area contributed by atoms with E-state index in [1.54, 1.807) is 6.92 Å². The summed E-state index contributed by atoms with van der Waals surface area (Å²) in [5.74, 6) is 0.247. The summed E-state index contributed by atoms with van der Waals surface area (Å²) in [6, 6.07) is 0. The van der Waals surface area contributed by atoms with Crippen LogP contribution in [0.2, 0.25) is 0 Å². The third kappa shape index (κ3) is 2.04. The molecule has 0 saturated carbocycles. The summed E-state index contributed by atoms with van der Waals surface area (Å²) in [4.78, 5) is 24.0. The van der Waals surface area contributed by atoms with E-state index in [4.69, 9.17) is 0 Å². The van der Waals surface area contributed by atoms with Gasteiger partial charge in [0.2, 0.25) is 0 Å². The van der Waals surface area contributed by atoms with Crippen LogP contribution < -0.4 is 0 Å². The Kier molecular flexibility index (Phi) is 2.67. The first-order valence-electron chi connectivity index (χ1n) is 5.37. The van der Waals surface area contributed by atoms with E-state index in [1.165, 1.54) is 0 Å². The van der Waals surface area contributed by atoms with Crippen molar-refractivity contribution >= 4 is 11.6 Å². The van der Waals surface area contributed by atoms with Crippen LogP contribution in [0.15, 0.2) is 11.1 Å². The average Bonchev–Trinajstić information content (AvgIpc) is 1.96. The second-order valence-corrected chi connectivity index (χ2v) is 6.06. The molecule has 0 fully saturated rings. The van der Waals surface area contributed by atoms with Gasteiger partial charge in [-0.15, -0.1) is 0 Å². The summed E-state index contributed by atoms with van der Waals surface area (Å²) in [7, 11) is 0. The van der Waals surface area contributed by atoms with E-state index >= 15 is 0 Å². The van der Waals surface area contributed by atoms with E-state index in [1.807, 2.05) is 34.6 Å². The Hall–Kier alpha value is -0.920. The van der Waals surface area contributed by atoms with Gasteiger partial charge in [-0.3, -0.25) is 9.59 Å². The SMILES string of the molecule is CC1=C(C(C)(C)C)C(=O)CC(C)(C)C1=O. The maximum atomic E-state index is 12.0. The summed E-state index contributed by atoms with van der Waals surface area (Å²) < 4.78 is 0. The smallest absolute Gasteiger partial charge is 0.165 e. The average molecular weight is 208 g/mol. The molecule has 0 aliphatic heterocycles. The van der Waals surface area contributed by atoms with Crippen LogP contribution >= 0.6 is 0 Å². The number of hydrogen-bond donors (Lipinski definition) is 0. The van der Waals surface area contributed by atoms with E-state index in [0.717, 1.165) is 0 Å². The van der Waals surface area contributed by atoms with Crippen LogP contribution in [0.4, 0.5) is 0 Å². The predicted octanol–water partition coefficient (Wildman–Crippen LogP) is 2.92. The standard InChI is InChI=1S/C13H20O2/c1-8-10(12(2,3)4)9(14)7-13(5,6)11(8)15/h7H2,1-6H3. The fraction of sp³-hybridized carbons (Fsp3) is 0.692. The van der Waals surface area contributed by atoms with Crippen molar-refractivity contribution in [1.82, 2.24) is 0 Å². The summed E-state index contributed by atoms with van der Waals surface area (Å²) in [6.07, 6.45) is 0.343. The summed E-state index contributed by atoms with van der Waals surface area (Å²) in [5, 5.41) is 0. The number of Topliss-reactive ketones (excluding diaryl/α,β-unsaturated/α-hetero) is 2. The highest BCUT2D eigenvalue weighted by Crippen LogP contribution is 2.40. The molecular formula is C13H20O2. The number of carbonyl (C=O) groups excluding carboxylic acids is 2. The Bertz CT molecular complexity index is 351. The lowest BCUT2D eigenvalue weighted by molar-refractivity contribution is -0.130. The van der Waals surface area contributed by atoms with Crippen LogP contribution in [0.3, 0.4) is 0 Å². The molecule has 0 radical (unpaired) electrons. The molecule has 2 heteroatoms. The zero-order valence-corrected chi connectivity index (χ0v) is 10.5. The topological polar surface area (TPSA) is 34.1 Å². The molecule has 0 aromatic heterocycles. The van der Waals surface area contributed by atoms with Gasteiger partial charge in [0.15, 0.2) is 11.6 Å². The molecule has 0 bridgehead atoms. The number of carbonyl (C=O) groups is 2. The minimum absolute atomic E-state index is 0.118. The Morgan fingerprint density at radius 1 is 1.13 bits per heavy atom. The van der Waals surface area contributed by atoms with Crippen LogP contribution in [0, 0.1) is 10.8 Å². The monoisotopic (exact) mass is 208 g/mol. The second-order valence-electron chi connectivity index (χ2n) is 6.06. The molecule has 2 nitrogen and oxygen atoms in total. The van der Waals surface area contributed by atoms with E-state index < -0.39 is 5.41 Å². The highest BCUT2D eigenvalue weighted by molar-refractivity contribution is 6.14. The maximum absolute atomic E-state index is 12.0. The molecule has 0 amide bonds. The largest absolute Gasteiger partial charge is 0.294 e. The van der Waals surface area contributed by atoms with Crippen LogP contribution in [-0.4, -0.2) is 11.6 Å². The highest BCUT2D eigenvalue weighted by atomic mass is 16.1. The van der Waals surface area contributed by atoms with Crippen molar-refractivity contribution in [2.75, 3.05) is 0 Å². The number of ketones is 2. The normalized spacial score (nSPS) is 22.3. The van der Waals surface area contributed by atoms with Gasteiger partial charge in [0.25, 0.3) is 0 Å². The molecule has 0 unspecified atom stereocenters. The molecular weight excluding hydrogens is 188 g/mol. The van der Waals surface area contributed by atoms with Crippen LogP contribution in [0.25, 0.3) is 0 Å². The van der Waals surface area contributed by atoms with Crippen molar-refractivity contribution in [2.24, 2.45) is 10.8 Å². The number of rotatable bonds is 0. The molecule has 1 aliphatic carbocycles. The van der Waals surface area contributed by atoms with Gasteiger partial charge in [-0.2, -0.15) is 0 Å². The van der Waals surface area contributed by atoms with Gasteiger partial charge >= 0.3 is 0 Å². The first-order valence-corrected chi connectivity index (χ1v) is 5.37. The maximum Gasteiger partial charge on any atom is 0.165 e. The van der Waals surface area contributed by atoms with Gasteiger partial charge in [0, 0.05) is 17.4 Å². The lowest BCUT2D eigenvalue weighted by Gasteiger charge is -2.34. The van der Waals surface area contributed by atoms with Gasteiger partial charge in [-0.05, 0) is 17.9 Å². The highest BCUT2D eigenvalue weighted by Gasteiger charge is 2.41. The molecule has 15 heavy (non-hydrogen) atoms. The Morgan fingerprint density at radius 3 is 2.00 bits per heavy atom. The minimum atomic E-state index is -0.518. The van der Waals surface area contributed by atoms with Crippen molar-refractivity contribution in [3.63, 3.8) is 0 Å². The molecule has 0 aromatic carbocycles. The van der Waals surface area contributed by atoms with E-state index in [-0.39, 0.29) is 17.0 Å². The minimum Gasteiger partial charge on any atom is -0.294 e. The summed E-state index contributed by atoms with van der Waals surface area (Å²) >= 11 is 0. The van der Waals surface area contributed by atoms with Crippen molar-refractivity contribution < 1.29 is 9.59 Å². The predicted molar refractivity (Wildman–Crippen MR) is 60.6 cm³/mol. The fourth-order valence-electron chi connectivity index (χ4n) is 2.38. The molecule has 0 saturated heterocycles. The zero-order valence-electron chi connectivity index (χ0n) is 10.5. The lowest BCUT2D eigenvalue weighted by Crippen LogP contribution is -2.37. The summed E-state index contributed by atoms with van der Waals surface area (Å²) in [6.45, 7) is 11.4. The van der Waals surface area contributed by atoms with E-state index in [0.29, 0.717) is 17.6 Å². The van der Waals surface area contributed by atoms with Gasteiger partial charge in [0.1, 0.15) is 0 Å². The van der Waals surface area contributed by atoms with Crippen LogP contribution in [0.1, 0.15) is 48.0 Å². The molecule has 0 atom stereocenters. The van der Waals surface area contributed by atoms with Crippen LogP contribution in [-0.2, 0) is 9.59 Å². The third-order valence-corrected chi connectivity index (χ3v) is 2.96. The van der Waals surface area contributed by atoms with Gasteiger partial charge in [0.05, 0.1) is 0 Å². The lowest BCUT2D eigenvalue weighted by atomic mass is 9.67. The number of hydrogen-bond acceptors (Lipinski definition) is 2. The van der Waals surface area contributed by atoms with Gasteiger partial charge in [-0.25, -0.2) is 0 Å². The molecule has 0 spiro atoms. The third-order valence-electron chi connectivity index (χ3n) is 2.96. The fourth-order valence-corrected chi connectivity index (χ4v) is 2.38. The van der Waals surface area contributed by atoms with Crippen molar-refractivity contribution in [2.45, 2.75) is 48.0 Å². The van der Waals surface area contributed by atoms with Crippen molar-refractivity contribution in [3.8, 4) is 0 Å². The van der Waals surface area contributed by atoms with Crippen LogP contribution in [0.5, 0.6) is 0 Å². The Morgan fingerprint density at radius 2 is 1.60 bits per heavy atom. The summed E-state index contributed by atoms with van der Waals surface area (Å²) in [5.41, 5.74) is 0.624. The van der Waals surface area contributed by atoms with Crippen molar-refractivity contribution in [1.29, 1.82) is 0 Å². The van der Waals surface area contributed by atoms with Gasteiger partial charge < -0.3 is 0 Å². The molecule has 1 aliphatic rings. The molecule has 0 N–H and O–H groups in total. The second kappa shape index (κ2) is 3.29.